The van der Waals surface area contributed by atoms with Crippen LogP contribution in [0.25, 0.3) is 22.3 Å². The molecule has 9 heteroatoms. The Morgan fingerprint density at radius 2 is 1.82 bits per heavy atom. The molecule has 3 atom stereocenters. The number of anilines is 1. The summed E-state index contributed by atoms with van der Waals surface area (Å²) < 4.78 is 5.87. The van der Waals surface area contributed by atoms with Gasteiger partial charge in [0, 0.05) is 43.2 Å². The van der Waals surface area contributed by atoms with Crippen molar-refractivity contribution in [1.82, 2.24) is 25.2 Å². The second-order valence-electron chi connectivity index (χ2n) is 12.1. The van der Waals surface area contributed by atoms with Crippen LogP contribution in [0, 0.1) is 0 Å². The third-order valence-corrected chi connectivity index (χ3v) is 7.38. The van der Waals surface area contributed by atoms with E-state index < -0.39 is 5.91 Å². The molecule has 39 heavy (non-hydrogen) atoms. The SMILES string of the molecule is C[C@@H]1CN(Cc2ccc(-c3cc(C(N)=O)c4nc(C(C)(C)C)nc(N[C@H]5CCCNC5)c4n3)cc2)C[C@@H](C)O1. The van der Waals surface area contributed by atoms with Crippen LogP contribution in [-0.2, 0) is 16.7 Å². The van der Waals surface area contributed by atoms with Gasteiger partial charge in [0.05, 0.1) is 23.5 Å². The molecule has 2 saturated heterocycles. The maximum atomic E-state index is 12.7. The molecule has 4 heterocycles. The molecule has 0 aliphatic carbocycles. The zero-order chi connectivity index (χ0) is 27.7. The number of hydrogen-bond acceptors (Lipinski definition) is 8. The molecule has 2 aromatic heterocycles. The Morgan fingerprint density at radius 3 is 2.44 bits per heavy atom. The fourth-order valence-electron chi connectivity index (χ4n) is 5.50. The quantitative estimate of drug-likeness (QED) is 0.439. The average Bonchev–Trinajstić information content (AvgIpc) is 2.88. The minimum Gasteiger partial charge on any atom is -0.373 e. The summed E-state index contributed by atoms with van der Waals surface area (Å²) in [4.78, 5) is 29.8. The Morgan fingerprint density at radius 1 is 1.10 bits per heavy atom. The number of rotatable bonds is 6. The summed E-state index contributed by atoms with van der Waals surface area (Å²) in [6.45, 7) is 15.0. The fraction of sp³-hybridized carbons (Fsp3) is 0.533. The van der Waals surface area contributed by atoms with Crippen molar-refractivity contribution in [1.29, 1.82) is 0 Å². The predicted molar refractivity (Wildman–Crippen MR) is 155 cm³/mol. The maximum Gasteiger partial charge on any atom is 0.251 e. The van der Waals surface area contributed by atoms with Crippen molar-refractivity contribution in [3.8, 4) is 11.3 Å². The van der Waals surface area contributed by atoms with E-state index in [4.69, 9.17) is 25.4 Å². The van der Waals surface area contributed by atoms with Crippen LogP contribution in [0.3, 0.4) is 0 Å². The van der Waals surface area contributed by atoms with Gasteiger partial charge in [-0.25, -0.2) is 15.0 Å². The molecular weight excluding hydrogens is 490 g/mol. The van der Waals surface area contributed by atoms with Crippen LogP contribution in [0.5, 0.6) is 0 Å². The van der Waals surface area contributed by atoms with Gasteiger partial charge in [0.15, 0.2) is 5.82 Å². The molecule has 5 rings (SSSR count). The van der Waals surface area contributed by atoms with Gasteiger partial charge in [-0.3, -0.25) is 9.69 Å². The molecule has 208 valence electrons. The van der Waals surface area contributed by atoms with Crippen LogP contribution in [0.15, 0.2) is 30.3 Å². The normalized spacial score (nSPS) is 22.6. The monoisotopic (exact) mass is 531 g/mol. The van der Waals surface area contributed by atoms with Crippen molar-refractivity contribution in [3.63, 3.8) is 0 Å². The number of morpholine rings is 1. The van der Waals surface area contributed by atoms with Gasteiger partial charge in [0.25, 0.3) is 5.91 Å². The Labute approximate surface area is 230 Å². The highest BCUT2D eigenvalue weighted by Crippen LogP contribution is 2.31. The van der Waals surface area contributed by atoms with Gasteiger partial charge in [-0.15, -0.1) is 0 Å². The number of carbonyl (C=O) groups is 1. The van der Waals surface area contributed by atoms with Crippen molar-refractivity contribution in [2.24, 2.45) is 5.73 Å². The molecule has 0 unspecified atom stereocenters. The van der Waals surface area contributed by atoms with E-state index in [2.05, 4.69) is 74.4 Å². The number of ether oxygens (including phenoxy) is 1. The predicted octanol–water partition coefficient (Wildman–Crippen LogP) is 3.86. The number of carbonyl (C=O) groups excluding carboxylic acids is 1. The molecule has 0 spiro atoms. The van der Waals surface area contributed by atoms with Crippen LogP contribution >= 0.6 is 0 Å². The topological polar surface area (TPSA) is 118 Å². The Balaban J connectivity index is 1.52. The van der Waals surface area contributed by atoms with E-state index in [1.54, 1.807) is 6.07 Å². The first-order chi connectivity index (χ1) is 18.6. The number of primary amides is 1. The number of nitrogens with two attached hydrogens (primary N) is 1. The average molecular weight is 532 g/mol. The first-order valence-corrected chi connectivity index (χ1v) is 14.0. The molecule has 4 N–H and O–H groups in total. The molecule has 0 bridgehead atoms. The van der Waals surface area contributed by atoms with E-state index in [1.807, 2.05) is 0 Å². The summed E-state index contributed by atoms with van der Waals surface area (Å²) in [6.07, 6.45) is 2.59. The van der Waals surface area contributed by atoms with Crippen molar-refractivity contribution in [2.75, 3.05) is 31.5 Å². The molecular formula is C30H41N7O2. The molecule has 2 aliphatic heterocycles. The summed E-state index contributed by atoms with van der Waals surface area (Å²) in [5, 5.41) is 7.04. The van der Waals surface area contributed by atoms with Gasteiger partial charge < -0.3 is 21.1 Å². The smallest absolute Gasteiger partial charge is 0.251 e. The fourth-order valence-corrected chi connectivity index (χ4v) is 5.50. The van der Waals surface area contributed by atoms with E-state index in [0.717, 1.165) is 51.1 Å². The van der Waals surface area contributed by atoms with Crippen molar-refractivity contribution in [2.45, 2.75) is 77.7 Å². The summed E-state index contributed by atoms with van der Waals surface area (Å²) >= 11 is 0. The molecule has 2 aliphatic rings. The number of nitrogens with one attached hydrogen (secondary N) is 2. The minimum atomic E-state index is -0.528. The number of nitrogens with zero attached hydrogens (tertiary/aromatic N) is 4. The van der Waals surface area contributed by atoms with E-state index in [9.17, 15) is 4.79 Å². The summed E-state index contributed by atoms with van der Waals surface area (Å²) in [6, 6.07) is 10.4. The second kappa shape index (κ2) is 11.2. The van der Waals surface area contributed by atoms with Gasteiger partial charge in [-0.2, -0.15) is 0 Å². The second-order valence-corrected chi connectivity index (χ2v) is 12.1. The van der Waals surface area contributed by atoms with E-state index in [0.29, 0.717) is 33.9 Å². The number of amides is 1. The Bertz CT molecular complexity index is 1320. The van der Waals surface area contributed by atoms with Gasteiger partial charge in [-0.1, -0.05) is 45.0 Å². The van der Waals surface area contributed by atoms with Gasteiger partial charge in [0.1, 0.15) is 16.9 Å². The van der Waals surface area contributed by atoms with Crippen LogP contribution in [0.4, 0.5) is 5.82 Å². The first kappa shape index (κ1) is 27.4. The molecule has 9 nitrogen and oxygen atoms in total. The molecule has 2 fully saturated rings. The Hall–Kier alpha value is -3.14. The van der Waals surface area contributed by atoms with E-state index in [1.165, 1.54) is 5.56 Å². The third-order valence-electron chi connectivity index (χ3n) is 7.38. The van der Waals surface area contributed by atoms with Crippen LogP contribution in [-0.4, -0.2) is 70.2 Å². The first-order valence-electron chi connectivity index (χ1n) is 14.0. The van der Waals surface area contributed by atoms with Gasteiger partial charge in [0.2, 0.25) is 0 Å². The lowest BCUT2D eigenvalue weighted by Crippen LogP contribution is -2.44. The summed E-state index contributed by atoms with van der Waals surface area (Å²) in [7, 11) is 0. The number of aromatic nitrogens is 3. The lowest BCUT2D eigenvalue weighted by molar-refractivity contribution is -0.0704. The zero-order valence-corrected chi connectivity index (χ0v) is 23.8. The molecule has 0 saturated carbocycles. The zero-order valence-electron chi connectivity index (χ0n) is 23.8. The summed E-state index contributed by atoms with van der Waals surface area (Å²) in [5.74, 6) is 0.768. The molecule has 1 amide bonds. The standard InChI is InChI=1S/C30H41N7O2/c1-18-15-37(16-19(2)39-18)17-20-8-10-21(11-9-20)24-13-23(27(31)38)25-26(34-24)28(33-22-7-6-12-32-14-22)36-29(35-25)30(3,4)5/h8-11,13,18-19,22,32H,6-7,12,14-17H2,1-5H3,(H2,31,38)(H,33,35,36)/t18-,19-,22+/m1/s1. The summed E-state index contributed by atoms with van der Waals surface area (Å²) in [5.41, 5.74) is 9.81. The number of fused-ring (bicyclic) bond motifs is 1. The van der Waals surface area contributed by atoms with Gasteiger partial charge >= 0.3 is 0 Å². The van der Waals surface area contributed by atoms with E-state index in [-0.39, 0.29) is 23.7 Å². The highest BCUT2D eigenvalue weighted by atomic mass is 16.5. The van der Waals surface area contributed by atoms with Crippen molar-refractivity contribution >= 4 is 22.8 Å². The maximum absolute atomic E-state index is 12.7. The number of piperidine rings is 1. The van der Waals surface area contributed by atoms with E-state index >= 15 is 0 Å². The Kier molecular flexibility index (Phi) is 7.84. The molecule has 0 radical (unpaired) electrons. The van der Waals surface area contributed by atoms with Crippen molar-refractivity contribution < 1.29 is 9.53 Å². The molecule has 1 aromatic carbocycles. The highest BCUT2D eigenvalue weighted by molar-refractivity contribution is 6.07. The molecule has 3 aromatic rings. The minimum absolute atomic E-state index is 0.220. The third kappa shape index (κ3) is 6.37. The largest absolute Gasteiger partial charge is 0.373 e. The van der Waals surface area contributed by atoms with Crippen LogP contribution in [0.1, 0.15) is 69.2 Å². The van der Waals surface area contributed by atoms with Gasteiger partial charge in [-0.05, 0) is 44.9 Å². The number of benzene rings is 1. The van der Waals surface area contributed by atoms with Crippen LogP contribution in [0.2, 0.25) is 0 Å². The van der Waals surface area contributed by atoms with Crippen LogP contribution < -0.4 is 16.4 Å². The number of pyridine rings is 1. The lowest BCUT2D eigenvalue weighted by Gasteiger charge is -2.35. The number of hydrogen-bond donors (Lipinski definition) is 3. The highest BCUT2D eigenvalue weighted by Gasteiger charge is 2.26. The van der Waals surface area contributed by atoms with Crippen molar-refractivity contribution in [3.05, 3.63) is 47.3 Å². The lowest BCUT2D eigenvalue weighted by atomic mass is 9.95.